The van der Waals surface area contributed by atoms with Crippen molar-refractivity contribution in [2.24, 2.45) is 0 Å². The second-order valence-electron chi connectivity index (χ2n) is 9.31. The topological polar surface area (TPSA) is 72.5 Å². The van der Waals surface area contributed by atoms with Gasteiger partial charge in [0.05, 0.1) is 11.0 Å². The first-order valence-electron chi connectivity index (χ1n) is 12.7. The zero-order chi connectivity index (χ0) is 25.7. The first-order valence-corrected chi connectivity index (χ1v) is 12.7. The predicted octanol–water partition coefficient (Wildman–Crippen LogP) is 6.66. The Balaban J connectivity index is 0.00000380. The van der Waals surface area contributed by atoms with Gasteiger partial charge in [-0.2, -0.15) is 0 Å². The molecule has 8 heteroatoms. The maximum Gasteiger partial charge on any atom is 0.293 e. The minimum atomic E-state index is -0.334. The highest BCUT2D eigenvalue weighted by Crippen LogP contribution is 2.28. The summed E-state index contributed by atoms with van der Waals surface area (Å²) in [6, 6.07) is 17.6. The normalized spacial score (nSPS) is 11.2. The summed E-state index contributed by atoms with van der Waals surface area (Å²) in [6.45, 7) is 14.4. The lowest BCUT2D eigenvalue weighted by Crippen LogP contribution is -2.27. The van der Waals surface area contributed by atoms with Gasteiger partial charge < -0.3 is 18.6 Å². The van der Waals surface area contributed by atoms with Crippen LogP contribution in [0.25, 0.3) is 11.0 Å². The highest BCUT2D eigenvalue weighted by molar-refractivity contribution is 6.02. The molecule has 0 aliphatic heterocycles. The van der Waals surface area contributed by atoms with Crippen molar-refractivity contribution in [3.05, 3.63) is 77.2 Å². The fourth-order valence-corrected chi connectivity index (χ4v) is 4.31. The molecule has 7 nitrogen and oxygen atoms in total. The van der Waals surface area contributed by atoms with Crippen molar-refractivity contribution in [2.75, 3.05) is 25.0 Å². The molecule has 198 valence electrons. The number of carbonyl (C=O) groups is 1. The Morgan fingerprint density at radius 2 is 1.86 bits per heavy atom. The van der Waals surface area contributed by atoms with Gasteiger partial charge >= 0.3 is 0 Å². The number of nitrogens with one attached hydrogen (secondary N) is 1. The summed E-state index contributed by atoms with van der Waals surface area (Å²) in [5, 5.41) is 2.95. The molecule has 0 saturated heterocycles. The summed E-state index contributed by atoms with van der Waals surface area (Å²) in [5.74, 6) is 2.19. The summed E-state index contributed by atoms with van der Waals surface area (Å²) in [4.78, 5) is 20.1. The predicted molar refractivity (Wildman–Crippen MR) is 151 cm³/mol. The number of benzene rings is 2. The number of para-hydroxylation sites is 2. The van der Waals surface area contributed by atoms with Gasteiger partial charge in [-0.3, -0.25) is 10.1 Å². The van der Waals surface area contributed by atoms with Crippen LogP contribution in [0.5, 0.6) is 5.75 Å². The molecule has 0 fully saturated rings. The maximum atomic E-state index is 13.1. The summed E-state index contributed by atoms with van der Waals surface area (Å²) >= 11 is 0. The lowest BCUT2D eigenvalue weighted by atomic mass is 10.0. The quantitative estimate of drug-likeness (QED) is 0.237. The number of fused-ring (bicyclic) bond motifs is 1. The standard InChI is InChI=1S/C29H36N4O3.ClH/c1-6-32(7-2)16-17-33-25-11-9-8-10-24(25)30-29(33)31-28(34)26-15-13-22(36-26)19-35-27-18-21(5)12-14-23(27)20(3)4;/h8-15,18,20H,6-7,16-17,19H2,1-5H3,(H,30,31,34);1H. The Kier molecular flexibility index (Phi) is 9.78. The second kappa shape index (κ2) is 12.8. The fraction of sp³-hybridized carbons (Fsp3) is 0.379. The first-order chi connectivity index (χ1) is 17.4. The first kappa shape index (κ1) is 28.3. The van der Waals surface area contributed by atoms with Gasteiger partial charge in [0.2, 0.25) is 5.95 Å². The third-order valence-electron chi connectivity index (χ3n) is 6.46. The van der Waals surface area contributed by atoms with Crippen molar-refractivity contribution in [3.63, 3.8) is 0 Å². The molecule has 4 rings (SSSR count). The summed E-state index contributed by atoms with van der Waals surface area (Å²) in [5.41, 5.74) is 4.12. The van der Waals surface area contributed by atoms with E-state index in [1.807, 2.05) is 37.3 Å². The number of amides is 1. The number of anilines is 1. The molecule has 2 aromatic heterocycles. The van der Waals surface area contributed by atoms with Crippen molar-refractivity contribution >= 4 is 35.3 Å². The van der Waals surface area contributed by atoms with E-state index < -0.39 is 0 Å². The van der Waals surface area contributed by atoms with Crippen molar-refractivity contribution in [3.8, 4) is 5.75 Å². The number of halogens is 1. The summed E-state index contributed by atoms with van der Waals surface area (Å²) < 4.78 is 14.0. The average molecular weight is 525 g/mol. The molecule has 2 heterocycles. The van der Waals surface area contributed by atoms with Gasteiger partial charge in [0, 0.05) is 13.1 Å². The number of aromatic nitrogens is 2. The number of likely N-dealkylation sites (N-methyl/N-ethyl adjacent to an activating group) is 1. The number of furan rings is 1. The van der Waals surface area contributed by atoms with Crippen LogP contribution in [0.2, 0.25) is 0 Å². The third-order valence-corrected chi connectivity index (χ3v) is 6.46. The minimum absolute atomic E-state index is 0. The lowest BCUT2D eigenvalue weighted by Gasteiger charge is -2.19. The van der Waals surface area contributed by atoms with Gasteiger partial charge in [0.25, 0.3) is 5.91 Å². The molecule has 37 heavy (non-hydrogen) atoms. The van der Waals surface area contributed by atoms with Gasteiger partial charge in [-0.25, -0.2) is 4.98 Å². The highest BCUT2D eigenvalue weighted by Gasteiger charge is 2.18. The van der Waals surface area contributed by atoms with Crippen molar-refractivity contribution < 1.29 is 13.9 Å². The molecule has 0 radical (unpaired) electrons. The lowest BCUT2D eigenvalue weighted by molar-refractivity contribution is 0.0991. The maximum absolute atomic E-state index is 13.1. The van der Waals surface area contributed by atoms with E-state index in [1.165, 1.54) is 0 Å². The van der Waals surface area contributed by atoms with E-state index in [2.05, 4.69) is 59.6 Å². The highest BCUT2D eigenvalue weighted by atomic mass is 35.5. The molecular formula is C29H37ClN4O3. The van der Waals surface area contributed by atoms with E-state index >= 15 is 0 Å². The molecule has 0 saturated carbocycles. The molecule has 0 aliphatic rings. The summed E-state index contributed by atoms with van der Waals surface area (Å²) in [6.07, 6.45) is 0. The Hall–Kier alpha value is -3.29. The van der Waals surface area contributed by atoms with Crippen LogP contribution in [0.3, 0.4) is 0 Å². The van der Waals surface area contributed by atoms with Crippen LogP contribution in [0.1, 0.15) is 61.1 Å². The minimum Gasteiger partial charge on any atom is -0.485 e. The molecule has 0 bridgehead atoms. The van der Waals surface area contributed by atoms with Gasteiger partial charge in [-0.1, -0.05) is 52.0 Å². The number of hydrogen-bond donors (Lipinski definition) is 1. The third kappa shape index (κ3) is 6.73. The Morgan fingerprint density at radius 3 is 2.59 bits per heavy atom. The number of nitrogens with zero attached hydrogens (tertiary/aromatic N) is 3. The average Bonchev–Trinajstić information content (AvgIpc) is 3.48. The molecule has 0 unspecified atom stereocenters. The molecule has 1 N–H and O–H groups in total. The monoisotopic (exact) mass is 524 g/mol. The van der Waals surface area contributed by atoms with Crippen LogP contribution in [0, 0.1) is 6.92 Å². The van der Waals surface area contributed by atoms with Gasteiger partial charge in [0.1, 0.15) is 18.1 Å². The van der Waals surface area contributed by atoms with E-state index in [-0.39, 0.29) is 30.7 Å². The molecule has 2 aromatic carbocycles. The molecule has 0 atom stereocenters. The van der Waals surface area contributed by atoms with E-state index in [1.54, 1.807) is 12.1 Å². The SMILES string of the molecule is CCN(CC)CCn1c(NC(=O)c2ccc(COc3cc(C)ccc3C(C)C)o2)nc2ccccc21.Cl. The largest absolute Gasteiger partial charge is 0.485 e. The Morgan fingerprint density at radius 1 is 1.11 bits per heavy atom. The van der Waals surface area contributed by atoms with Crippen LogP contribution in [-0.4, -0.2) is 40.0 Å². The molecule has 1 amide bonds. The van der Waals surface area contributed by atoms with E-state index in [9.17, 15) is 4.79 Å². The van der Waals surface area contributed by atoms with Crippen LogP contribution in [0.15, 0.2) is 59.0 Å². The van der Waals surface area contributed by atoms with Crippen molar-refractivity contribution in [2.45, 2.75) is 53.7 Å². The number of carbonyl (C=O) groups excluding carboxylic acids is 1. The van der Waals surface area contributed by atoms with Gasteiger partial charge in [-0.15, -0.1) is 12.4 Å². The summed E-state index contributed by atoms with van der Waals surface area (Å²) in [7, 11) is 0. The Labute approximate surface area is 225 Å². The van der Waals surface area contributed by atoms with Crippen molar-refractivity contribution in [1.82, 2.24) is 14.5 Å². The fourth-order valence-electron chi connectivity index (χ4n) is 4.31. The van der Waals surface area contributed by atoms with E-state index in [0.29, 0.717) is 17.6 Å². The number of imidazole rings is 1. The van der Waals surface area contributed by atoms with Gasteiger partial charge in [-0.05, 0) is 67.4 Å². The zero-order valence-electron chi connectivity index (χ0n) is 22.3. The van der Waals surface area contributed by atoms with Crippen LogP contribution in [-0.2, 0) is 13.2 Å². The molecular weight excluding hydrogens is 488 g/mol. The van der Waals surface area contributed by atoms with E-state index in [0.717, 1.165) is 54.1 Å². The van der Waals surface area contributed by atoms with Crippen LogP contribution in [0.4, 0.5) is 5.95 Å². The number of hydrogen-bond acceptors (Lipinski definition) is 5. The molecule has 0 spiro atoms. The zero-order valence-corrected chi connectivity index (χ0v) is 23.1. The number of aryl methyl sites for hydroxylation is 1. The number of ether oxygens (including phenoxy) is 1. The van der Waals surface area contributed by atoms with Crippen LogP contribution >= 0.6 is 12.4 Å². The van der Waals surface area contributed by atoms with E-state index in [4.69, 9.17) is 9.15 Å². The van der Waals surface area contributed by atoms with Crippen LogP contribution < -0.4 is 10.1 Å². The second-order valence-corrected chi connectivity index (χ2v) is 9.31. The number of rotatable bonds is 11. The molecule has 4 aromatic rings. The van der Waals surface area contributed by atoms with Gasteiger partial charge in [0.15, 0.2) is 5.76 Å². The Bertz CT molecular complexity index is 1320. The molecule has 0 aliphatic carbocycles. The smallest absolute Gasteiger partial charge is 0.293 e. The van der Waals surface area contributed by atoms with Crippen molar-refractivity contribution in [1.29, 1.82) is 0 Å².